The largest absolute Gasteiger partial charge is 0.331 e. The summed E-state index contributed by atoms with van der Waals surface area (Å²) in [5, 5.41) is 2.27. The Bertz CT molecular complexity index is 370. The number of urea groups is 1. The maximum absolute atomic E-state index is 12.2. The smallest absolute Gasteiger partial charge is 0.277 e. The molecule has 1 aliphatic carbocycles. The molecule has 0 radical (unpaired) electrons. The molecule has 17 heavy (non-hydrogen) atoms. The molecule has 1 saturated carbocycles. The Balaban J connectivity index is 2.23. The summed E-state index contributed by atoms with van der Waals surface area (Å²) in [5.74, 6) is -0.863. The molecule has 2 rings (SSSR count). The second-order valence-electron chi connectivity index (χ2n) is 5.35. The standard InChI is InChI=1S/C12H18N2O3/c1-12(2)9(15)13-11(17)14(10(12)16)8-6-4-3-5-7-8/h8H,3-7H2,1-2H3,(H,13,15,17). The van der Waals surface area contributed by atoms with Gasteiger partial charge >= 0.3 is 6.03 Å². The molecule has 2 fully saturated rings. The van der Waals surface area contributed by atoms with Gasteiger partial charge < -0.3 is 0 Å². The quantitative estimate of drug-likeness (QED) is 0.703. The Morgan fingerprint density at radius 1 is 1.12 bits per heavy atom. The van der Waals surface area contributed by atoms with Crippen LogP contribution in [0.25, 0.3) is 0 Å². The Morgan fingerprint density at radius 2 is 1.71 bits per heavy atom. The average Bonchev–Trinajstić information content (AvgIpc) is 2.28. The monoisotopic (exact) mass is 238 g/mol. The molecule has 0 atom stereocenters. The minimum Gasteiger partial charge on any atom is -0.277 e. The van der Waals surface area contributed by atoms with E-state index in [-0.39, 0.29) is 11.9 Å². The molecule has 5 nitrogen and oxygen atoms in total. The number of hydrogen-bond donors (Lipinski definition) is 1. The second kappa shape index (κ2) is 4.13. The molecule has 0 aromatic carbocycles. The minimum atomic E-state index is -1.13. The third kappa shape index (κ3) is 1.94. The predicted octanol–water partition coefficient (Wildman–Crippen LogP) is 1.42. The summed E-state index contributed by atoms with van der Waals surface area (Å²) in [6.07, 6.45) is 4.93. The van der Waals surface area contributed by atoms with Gasteiger partial charge in [0.1, 0.15) is 5.41 Å². The number of nitrogens with one attached hydrogen (secondary N) is 1. The third-order valence-electron chi connectivity index (χ3n) is 3.70. The van der Waals surface area contributed by atoms with Crippen LogP contribution < -0.4 is 5.32 Å². The molecule has 1 aliphatic heterocycles. The van der Waals surface area contributed by atoms with Crippen molar-refractivity contribution in [3.63, 3.8) is 0 Å². The highest BCUT2D eigenvalue weighted by Gasteiger charge is 2.49. The van der Waals surface area contributed by atoms with Crippen molar-refractivity contribution < 1.29 is 14.4 Å². The number of carbonyl (C=O) groups is 3. The van der Waals surface area contributed by atoms with E-state index in [4.69, 9.17) is 0 Å². The van der Waals surface area contributed by atoms with Crippen LogP contribution in [-0.4, -0.2) is 28.8 Å². The van der Waals surface area contributed by atoms with E-state index in [0.29, 0.717) is 0 Å². The van der Waals surface area contributed by atoms with Crippen molar-refractivity contribution in [1.82, 2.24) is 10.2 Å². The number of carbonyl (C=O) groups excluding carboxylic acids is 3. The number of rotatable bonds is 1. The first kappa shape index (κ1) is 12.1. The Morgan fingerprint density at radius 3 is 2.29 bits per heavy atom. The van der Waals surface area contributed by atoms with Gasteiger partial charge in [0.2, 0.25) is 11.8 Å². The van der Waals surface area contributed by atoms with Crippen LogP contribution >= 0.6 is 0 Å². The molecule has 1 heterocycles. The zero-order chi connectivity index (χ0) is 12.6. The van der Waals surface area contributed by atoms with E-state index in [9.17, 15) is 14.4 Å². The van der Waals surface area contributed by atoms with Crippen molar-refractivity contribution in [2.75, 3.05) is 0 Å². The molecule has 0 aromatic rings. The van der Waals surface area contributed by atoms with Gasteiger partial charge in [0.05, 0.1) is 0 Å². The van der Waals surface area contributed by atoms with Crippen LogP contribution in [-0.2, 0) is 9.59 Å². The van der Waals surface area contributed by atoms with Crippen LogP contribution in [0, 0.1) is 5.41 Å². The summed E-state index contributed by atoms with van der Waals surface area (Å²) >= 11 is 0. The van der Waals surface area contributed by atoms with Crippen LogP contribution in [0.3, 0.4) is 0 Å². The van der Waals surface area contributed by atoms with Gasteiger partial charge in [-0.1, -0.05) is 19.3 Å². The highest BCUT2D eigenvalue weighted by atomic mass is 16.2. The lowest BCUT2D eigenvalue weighted by Gasteiger charge is -2.40. The van der Waals surface area contributed by atoms with Crippen molar-refractivity contribution >= 4 is 17.8 Å². The van der Waals surface area contributed by atoms with Crippen molar-refractivity contribution in [2.45, 2.75) is 52.0 Å². The lowest BCUT2D eigenvalue weighted by molar-refractivity contribution is -0.150. The summed E-state index contributed by atoms with van der Waals surface area (Å²) in [5.41, 5.74) is -1.13. The van der Waals surface area contributed by atoms with Gasteiger partial charge in [0, 0.05) is 6.04 Å². The molecule has 5 heteroatoms. The van der Waals surface area contributed by atoms with Crippen LogP contribution in [0.4, 0.5) is 4.79 Å². The van der Waals surface area contributed by atoms with E-state index < -0.39 is 17.4 Å². The fourth-order valence-corrected chi connectivity index (χ4v) is 2.47. The number of amides is 4. The summed E-state index contributed by atoms with van der Waals surface area (Å²) in [6, 6.07) is -0.588. The molecule has 2 aliphatic rings. The summed E-state index contributed by atoms with van der Waals surface area (Å²) in [4.78, 5) is 36.8. The fourth-order valence-electron chi connectivity index (χ4n) is 2.47. The average molecular weight is 238 g/mol. The molecule has 94 valence electrons. The van der Waals surface area contributed by atoms with Crippen molar-refractivity contribution in [2.24, 2.45) is 5.41 Å². The van der Waals surface area contributed by atoms with Gasteiger partial charge in [-0.25, -0.2) is 4.79 Å². The number of barbiturate groups is 1. The highest BCUT2D eigenvalue weighted by Crippen LogP contribution is 2.30. The zero-order valence-corrected chi connectivity index (χ0v) is 10.3. The maximum atomic E-state index is 12.2. The van der Waals surface area contributed by atoms with Gasteiger partial charge in [-0.2, -0.15) is 0 Å². The molecular formula is C12H18N2O3. The minimum absolute atomic E-state index is 0.0383. The van der Waals surface area contributed by atoms with E-state index in [1.807, 2.05) is 0 Å². The first-order chi connectivity index (χ1) is 7.94. The van der Waals surface area contributed by atoms with Gasteiger partial charge in [-0.15, -0.1) is 0 Å². The molecule has 0 spiro atoms. The molecule has 0 aromatic heterocycles. The fraction of sp³-hybridized carbons (Fsp3) is 0.750. The van der Waals surface area contributed by atoms with Gasteiger partial charge in [0.25, 0.3) is 0 Å². The van der Waals surface area contributed by atoms with Crippen molar-refractivity contribution in [3.05, 3.63) is 0 Å². The van der Waals surface area contributed by atoms with E-state index in [1.165, 1.54) is 4.90 Å². The molecule has 0 bridgehead atoms. The number of imide groups is 2. The van der Waals surface area contributed by atoms with E-state index in [0.717, 1.165) is 32.1 Å². The number of hydrogen-bond acceptors (Lipinski definition) is 3. The van der Waals surface area contributed by atoms with Crippen molar-refractivity contribution in [1.29, 1.82) is 0 Å². The van der Waals surface area contributed by atoms with Gasteiger partial charge in [-0.3, -0.25) is 19.8 Å². The first-order valence-corrected chi connectivity index (χ1v) is 6.13. The Kier molecular flexibility index (Phi) is 2.93. The summed E-state index contributed by atoms with van der Waals surface area (Å²) in [7, 11) is 0. The topological polar surface area (TPSA) is 66.5 Å². The van der Waals surface area contributed by atoms with Crippen LogP contribution in [0.5, 0.6) is 0 Å². The third-order valence-corrected chi connectivity index (χ3v) is 3.70. The van der Waals surface area contributed by atoms with E-state index in [2.05, 4.69) is 5.32 Å². The number of nitrogens with zero attached hydrogens (tertiary/aromatic N) is 1. The molecule has 4 amide bonds. The Labute approximate surface area is 101 Å². The molecule has 0 unspecified atom stereocenters. The van der Waals surface area contributed by atoms with E-state index >= 15 is 0 Å². The van der Waals surface area contributed by atoms with Crippen LogP contribution in [0.15, 0.2) is 0 Å². The first-order valence-electron chi connectivity index (χ1n) is 6.13. The van der Waals surface area contributed by atoms with Gasteiger partial charge in [-0.05, 0) is 26.7 Å². The molecule has 1 saturated heterocycles. The van der Waals surface area contributed by atoms with Crippen molar-refractivity contribution in [3.8, 4) is 0 Å². The molecular weight excluding hydrogens is 220 g/mol. The SMILES string of the molecule is CC1(C)C(=O)NC(=O)N(C2CCCCC2)C1=O. The summed E-state index contributed by atoms with van der Waals surface area (Å²) in [6.45, 7) is 3.12. The maximum Gasteiger partial charge on any atom is 0.331 e. The van der Waals surface area contributed by atoms with Crippen LogP contribution in [0.1, 0.15) is 46.0 Å². The normalized spacial score (nSPS) is 26.0. The summed E-state index contributed by atoms with van der Waals surface area (Å²) < 4.78 is 0. The highest BCUT2D eigenvalue weighted by molar-refractivity contribution is 6.18. The van der Waals surface area contributed by atoms with Crippen LogP contribution in [0.2, 0.25) is 0 Å². The van der Waals surface area contributed by atoms with Gasteiger partial charge in [0.15, 0.2) is 0 Å². The van der Waals surface area contributed by atoms with E-state index in [1.54, 1.807) is 13.8 Å². The lowest BCUT2D eigenvalue weighted by atomic mass is 9.86. The lowest BCUT2D eigenvalue weighted by Crippen LogP contribution is -2.64. The Hall–Kier alpha value is -1.39. The zero-order valence-electron chi connectivity index (χ0n) is 10.3. The second-order valence-corrected chi connectivity index (χ2v) is 5.35. The molecule has 1 N–H and O–H groups in total. The predicted molar refractivity (Wildman–Crippen MR) is 61.0 cm³/mol.